The summed E-state index contributed by atoms with van der Waals surface area (Å²) in [5.74, 6) is -3.08. The number of rotatable bonds is 4. The molecule has 1 aliphatic heterocycles. The number of hydrogen-bond acceptors (Lipinski definition) is 1. The van der Waals surface area contributed by atoms with E-state index in [0.29, 0.717) is 11.9 Å². The lowest BCUT2D eigenvalue weighted by Gasteiger charge is -2.42. The number of nitrogens with zero attached hydrogens (tertiary/aromatic N) is 1. The van der Waals surface area contributed by atoms with Gasteiger partial charge in [-0.1, -0.05) is 35.0 Å². The van der Waals surface area contributed by atoms with Crippen LogP contribution in [0.3, 0.4) is 0 Å². The van der Waals surface area contributed by atoms with Gasteiger partial charge in [0, 0.05) is 33.5 Å². The first-order valence-corrected chi connectivity index (χ1v) is 10.3. The summed E-state index contributed by atoms with van der Waals surface area (Å²) in [7, 11) is 0. The van der Waals surface area contributed by atoms with Crippen LogP contribution in [0.25, 0.3) is 10.9 Å². The summed E-state index contributed by atoms with van der Waals surface area (Å²) >= 11 is 3.44. The molecule has 2 heterocycles. The SMILES string of the molecule is CCC(F)(F)CN1C(C)Cc2c([nH]c3cc(F)ccc23)C1c1ccc(Br)cc1. The van der Waals surface area contributed by atoms with Gasteiger partial charge >= 0.3 is 0 Å². The highest BCUT2D eigenvalue weighted by Gasteiger charge is 2.41. The number of fused-ring (bicyclic) bond motifs is 3. The maximum atomic E-state index is 14.4. The zero-order valence-electron chi connectivity index (χ0n) is 15.8. The predicted molar refractivity (Wildman–Crippen MR) is 109 cm³/mol. The summed E-state index contributed by atoms with van der Waals surface area (Å²) < 4.78 is 43.5. The molecular weight excluding hydrogens is 429 g/mol. The van der Waals surface area contributed by atoms with Crippen LogP contribution in [-0.2, 0) is 6.42 Å². The Morgan fingerprint density at radius 1 is 1.18 bits per heavy atom. The molecule has 0 aliphatic carbocycles. The van der Waals surface area contributed by atoms with Crippen LogP contribution in [0, 0.1) is 5.82 Å². The van der Waals surface area contributed by atoms with Crippen molar-refractivity contribution < 1.29 is 13.2 Å². The third-order valence-electron chi connectivity index (χ3n) is 5.69. The molecule has 0 saturated carbocycles. The van der Waals surface area contributed by atoms with Gasteiger partial charge in [-0.05, 0) is 54.8 Å². The number of aromatic nitrogens is 1. The number of aromatic amines is 1. The highest BCUT2D eigenvalue weighted by molar-refractivity contribution is 9.10. The Morgan fingerprint density at radius 2 is 1.89 bits per heavy atom. The molecule has 0 saturated heterocycles. The molecule has 6 heteroatoms. The summed E-state index contributed by atoms with van der Waals surface area (Å²) in [5.41, 5.74) is 3.62. The third kappa shape index (κ3) is 3.48. The van der Waals surface area contributed by atoms with E-state index in [2.05, 4.69) is 20.9 Å². The lowest BCUT2D eigenvalue weighted by Crippen LogP contribution is -2.48. The number of alkyl halides is 2. The Hall–Kier alpha value is -1.79. The average molecular weight is 451 g/mol. The molecule has 1 aliphatic rings. The van der Waals surface area contributed by atoms with Gasteiger partial charge in [-0.15, -0.1) is 0 Å². The van der Waals surface area contributed by atoms with E-state index in [1.165, 1.54) is 19.1 Å². The van der Waals surface area contributed by atoms with E-state index in [9.17, 15) is 13.2 Å². The summed E-state index contributed by atoms with van der Waals surface area (Å²) in [5, 5.41) is 0.965. The summed E-state index contributed by atoms with van der Waals surface area (Å²) in [6, 6.07) is 12.1. The molecule has 0 radical (unpaired) electrons. The molecule has 2 unspecified atom stereocenters. The van der Waals surface area contributed by atoms with Crippen LogP contribution >= 0.6 is 15.9 Å². The van der Waals surface area contributed by atoms with Crippen LogP contribution in [0.4, 0.5) is 13.2 Å². The van der Waals surface area contributed by atoms with Gasteiger partial charge in [0.1, 0.15) is 5.82 Å². The molecule has 0 spiro atoms. The zero-order chi connectivity index (χ0) is 20.1. The van der Waals surface area contributed by atoms with E-state index in [0.717, 1.165) is 26.7 Å². The maximum absolute atomic E-state index is 14.4. The number of benzene rings is 2. The molecule has 2 aromatic carbocycles. The van der Waals surface area contributed by atoms with Gasteiger partial charge in [0.25, 0.3) is 5.92 Å². The minimum Gasteiger partial charge on any atom is -0.356 e. The molecule has 2 atom stereocenters. The van der Waals surface area contributed by atoms with Gasteiger partial charge in [-0.2, -0.15) is 0 Å². The predicted octanol–water partition coefficient (Wildman–Crippen LogP) is 6.45. The van der Waals surface area contributed by atoms with Crippen molar-refractivity contribution >= 4 is 26.8 Å². The van der Waals surface area contributed by atoms with Crippen LogP contribution in [0.2, 0.25) is 0 Å². The third-order valence-corrected chi connectivity index (χ3v) is 6.22. The number of hydrogen-bond donors (Lipinski definition) is 1. The van der Waals surface area contributed by atoms with Crippen molar-refractivity contribution in [3.8, 4) is 0 Å². The molecule has 3 aromatic rings. The topological polar surface area (TPSA) is 19.0 Å². The van der Waals surface area contributed by atoms with E-state index >= 15 is 0 Å². The van der Waals surface area contributed by atoms with Gasteiger partial charge in [0.2, 0.25) is 0 Å². The van der Waals surface area contributed by atoms with Crippen molar-refractivity contribution in [1.82, 2.24) is 9.88 Å². The molecule has 0 fully saturated rings. The van der Waals surface area contributed by atoms with Gasteiger partial charge in [0.15, 0.2) is 0 Å². The lowest BCUT2D eigenvalue weighted by atomic mass is 9.88. The largest absolute Gasteiger partial charge is 0.356 e. The Balaban J connectivity index is 1.89. The standard InChI is InChI=1S/C22H22BrF3N2/c1-3-22(25,26)12-28-13(2)10-18-17-9-8-16(24)11-19(17)27-20(18)21(28)14-4-6-15(23)7-5-14/h4-9,11,13,21,27H,3,10,12H2,1-2H3. The smallest absolute Gasteiger partial charge is 0.260 e. The van der Waals surface area contributed by atoms with Crippen LogP contribution in [0.15, 0.2) is 46.9 Å². The first-order chi connectivity index (χ1) is 13.3. The summed E-state index contributed by atoms with van der Waals surface area (Å²) in [4.78, 5) is 5.21. The maximum Gasteiger partial charge on any atom is 0.260 e. The second kappa shape index (κ2) is 7.23. The van der Waals surface area contributed by atoms with Crippen LogP contribution in [0.5, 0.6) is 0 Å². The van der Waals surface area contributed by atoms with Gasteiger partial charge < -0.3 is 4.98 Å². The second-order valence-electron chi connectivity index (χ2n) is 7.60. The van der Waals surface area contributed by atoms with Gasteiger partial charge in [-0.25, -0.2) is 13.2 Å². The van der Waals surface area contributed by atoms with Crippen molar-refractivity contribution in [3.05, 3.63) is 69.6 Å². The molecule has 28 heavy (non-hydrogen) atoms. The molecule has 0 bridgehead atoms. The summed E-state index contributed by atoms with van der Waals surface area (Å²) in [6.45, 7) is 3.19. The average Bonchev–Trinajstić information content (AvgIpc) is 3.00. The van der Waals surface area contributed by atoms with Crippen molar-refractivity contribution in [2.75, 3.05) is 6.54 Å². The number of halogens is 4. The molecule has 148 valence electrons. The van der Waals surface area contributed by atoms with Crippen molar-refractivity contribution in [3.63, 3.8) is 0 Å². The normalized spacial score (nSPS) is 20.5. The second-order valence-corrected chi connectivity index (χ2v) is 8.51. The van der Waals surface area contributed by atoms with Crippen LogP contribution < -0.4 is 0 Å². The highest BCUT2D eigenvalue weighted by Crippen LogP contribution is 2.42. The van der Waals surface area contributed by atoms with E-state index in [-0.39, 0.29) is 30.9 Å². The Labute approximate surface area is 170 Å². The molecule has 1 N–H and O–H groups in total. The first kappa shape index (κ1) is 19.5. The van der Waals surface area contributed by atoms with E-state index in [1.54, 1.807) is 6.07 Å². The zero-order valence-corrected chi connectivity index (χ0v) is 17.4. The number of nitrogens with one attached hydrogen (secondary N) is 1. The van der Waals surface area contributed by atoms with Gasteiger partial charge in [0.05, 0.1) is 12.6 Å². The Morgan fingerprint density at radius 3 is 2.57 bits per heavy atom. The van der Waals surface area contributed by atoms with E-state index in [1.807, 2.05) is 36.1 Å². The lowest BCUT2D eigenvalue weighted by molar-refractivity contribution is -0.0544. The van der Waals surface area contributed by atoms with Crippen LogP contribution in [-0.4, -0.2) is 28.4 Å². The van der Waals surface area contributed by atoms with Gasteiger partial charge in [-0.3, -0.25) is 4.90 Å². The Bertz CT molecular complexity index is 997. The first-order valence-electron chi connectivity index (χ1n) is 9.48. The molecule has 1 aromatic heterocycles. The Kier molecular flexibility index (Phi) is 5.04. The van der Waals surface area contributed by atoms with E-state index in [4.69, 9.17) is 0 Å². The van der Waals surface area contributed by atoms with Crippen molar-refractivity contribution in [2.24, 2.45) is 0 Å². The van der Waals surface area contributed by atoms with Crippen molar-refractivity contribution in [2.45, 2.75) is 44.7 Å². The fraction of sp³-hybridized carbons (Fsp3) is 0.364. The minimum atomic E-state index is -2.77. The fourth-order valence-electron chi connectivity index (χ4n) is 4.16. The molecule has 4 rings (SSSR count). The minimum absolute atomic E-state index is 0.0670. The van der Waals surface area contributed by atoms with E-state index < -0.39 is 5.92 Å². The fourth-order valence-corrected chi connectivity index (χ4v) is 4.43. The molecule has 2 nitrogen and oxygen atoms in total. The number of H-pyrrole nitrogens is 1. The molecular formula is C22H22BrF3N2. The quantitative estimate of drug-likeness (QED) is 0.483. The molecule has 0 amide bonds. The monoisotopic (exact) mass is 450 g/mol. The van der Waals surface area contributed by atoms with Crippen LogP contribution in [0.1, 0.15) is 43.1 Å². The highest BCUT2D eigenvalue weighted by atomic mass is 79.9. The summed E-state index contributed by atoms with van der Waals surface area (Å²) in [6.07, 6.45) is 0.446. The van der Waals surface area contributed by atoms with Crippen molar-refractivity contribution in [1.29, 1.82) is 0 Å².